The molecule has 3 fully saturated rings. The zero-order valence-corrected chi connectivity index (χ0v) is 38.5. The maximum absolute atomic E-state index is 15.5. The molecule has 3 aliphatic carbocycles. The predicted octanol–water partition coefficient (Wildman–Crippen LogP) is 4.78. The van der Waals surface area contributed by atoms with Gasteiger partial charge in [-0.3, -0.25) is 19.2 Å². The van der Waals surface area contributed by atoms with E-state index in [4.69, 9.17) is 28.9 Å². The smallest absolute Gasteiger partial charge is 0.338 e. The van der Waals surface area contributed by atoms with E-state index in [0.717, 1.165) is 20.3 Å². The van der Waals surface area contributed by atoms with Gasteiger partial charge in [0.15, 0.2) is 23.6 Å². The number of hydrogen-bond donors (Lipinski definition) is 4. The molecule has 1 aliphatic heterocycles. The van der Waals surface area contributed by atoms with Crippen LogP contribution in [0.2, 0.25) is 0 Å². The monoisotopic (exact) mass is 902 g/mol. The summed E-state index contributed by atoms with van der Waals surface area (Å²) in [7, 11) is 0. The molecule has 6 rings (SSSR count). The average molecular weight is 903 g/mol. The van der Waals surface area contributed by atoms with Gasteiger partial charge in [-0.2, -0.15) is 5.26 Å². The van der Waals surface area contributed by atoms with Crippen LogP contribution in [0, 0.1) is 34.0 Å². The molecule has 16 nitrogen and oxygen atoms in total. The second kappa shape index (κ2) is 20.0. The highest BCUT2D eigenvalue weighted by Crippen LogP contribution is 2.64. The molecular weight excluding hydrogens is 841 g/mol. The van der Waals surface area contributed by atoms with Crippen LogP contribution in [0.5, 0.6) is 0 Å². The normalized spacial score (nSPS) is 31.1. The lowest BCUT2D eigenvalue weighted by Crippen LogP contribution is -2.82. The number of nitrogens with one attached hydrogen (secondary N) is 1. The van der Waals surface area contributed by atoms with Crippen molar-refractivity contribution in [3.63, 3.8) is 0 Å². The van der Waals surface area contributed by atoms with E-state index in [2.05, 4.69) is 5.32 Å². The van der Waals surface area contributed by atoms with Crippen molar-refractivity contribution >= 4 is 35.6 Å². The molecule has 0 radical (unpaired) electrons. The fourth-order valence-corrected chi connectivity index (χ4v) is 10.2. The van der Waals surface area contributed by atoms with Crippen molar-refractivity contribution in [2.75, 3.05) is 6.61 Å². The lowest BCUT2D eigenvalue weighted by atomic mass is 9.44. The number of ether oxygens (including phenoxy) is 5. The Hall–Kier alpha value is -5.47. The number of ketones is 1. The van der Waals surface area contributed by atoms with Gasteiger partial charge >= 0.3 is 23.9 Å². The van der Waals surface area contributed by atoms with Gasteiger partial charge in [0.25, 0.3) is 0 Å². The Kier molecular flexibility index (Phi) is 15.5. The van der Waals surface area contributed by atoms with Crippen LogP contribution in [0.3, 0.4) is 0 Å². The highest BCUT2D eigenvalue weighted by atomic mass is 16.6. The van der Waals surface area contributed by atoms with Gasteiger partial charge in [-0.05, 0) is 55.0 Å². The van der Waals surface area contributed by atoms with Crippen LogP contribution in [0.25, 0.3) is 0 Å². The largest absolute Gasteiger partial charge is 0.456 e. The Balaban J connectivity index is 0.00000257. The van der Waals surface area contributed by atoms with Gasteiger partial charge in [0.2, 0.25) is 5.91 Å². The lowest BCUT2D eigenvalue weighted by molar-refractivity contribution is -0.346. The lowest BCUT2D eigenvalue weighted by Gasteiger charge is -2.67. The number of aliphatic hydroxyl groups excluding tert-OH is 2. The molecule has 1 saturated heterocycles. The summed E-state index contributed by atoms with van der Waals surface area (Å²) in [4.78, 5) is 83.2. The quantitative estimate of drug-likeness (QED) is 0.120. The number of hydrogen-bond acceptors (Lipinski definition) is 15. The van der Waals surface area contributed by atoms with E-state index < -0.39 is 113 Å². The molecule has 352 valence electrons. The first-order chi connectivity index (χ1) is 30.5. The van der Waals surface area contributed by atoms with Gasteiger partial charge in [0, 0.05) is 45.4 Å². The van der Waals surface area contributed by atoms with E-state index in [1.807, 2.05) is 13.8 Å². The van der Waals surface area contributed by atoms with Crippen molar-refractivity contribution in [1.82, 2.24) is 5.32 Å². The molecule has 2 saturated carbocycles. The minimum Gasteiger partial charge on any atom is -0.456 e. The summed E-state index contributed by atoms with van der Waals surface area (Å²) >= 11 is 0. The van der Waals surface area contributed by atoms with Crippen LogP contribution >= 0.6 is 0 Å². The first-order valence-corrected chi connectivity index (χ1v) is 22.0. The second-order valence-electron chi connectivity index (χ2n) is 18.4. The van der Waals surface area contributed by atoms with Crippen molar-refractivity contribution in [3.05, 3.63) is 82.9 Å². The summed E-state index contributed by atoms with van der Waals surface area (Å²) in [5.41, 5.74) is -7.14. The number of esters is 4. The summed E-state index contributed by atoms with van der Waals surface area (Å²) in [5.74, 6) is -6.30. The Bertz CT molecular complexity index is 2190. The van der Waals surface area contributed by atoms with Crippen LogP contribution in [0.15, 0.2) is 71.8 Å². The number of Topliss-reactive ketones (excluding diaryl/α,β-unsaturated/α-hetero) is 1. The molecular formula is C49H62N2O14. The first-order valence-electron chi connectivity index (χ1n) is 22.0. The summed E-state index contributed by atoms with van der Waals surface area (Å²) < 4.78 is 30.3. The minimum atomic E-state index is -2.37. The van der Waals surface area contributed by atoms with Gasteiger partial charge in [-0.25, -0.2) is 9.59 Å². The molecule has 0 spiro atoms. The van der Waals surface area contributed by atoms with E-state index >= 15 is 4.79 Å². The average Bonchev–Trinajstić information content (AvgIpc) is 3.26. The fourth-order valence-electron chi connectivity index (χ4n) is 10.2. The number of amides is 1. The Labute approximate surface area is 379 Å². The molecule has 1 heterocycles. The number of carbonyl (C=O) groups is 6. The van der Waals surface area contributed by atoms with Crippen molar-refractivity contribution in [1.29, 1.82) is 5.26 Å². The first kappa shape index (κ1) is 50.5. The molecule has 2 aromatic carbocycles. The highest BCUT2D eigenvalue weighted by Gasteiger charge is 2.78. The highest BCUT2D eigenvalue weighted by molar-refractivity contribution is 5.95. The molecule has 1 amide bonds. The molecule has 16 heteroatoms. The van der Waals surface area contributed by atoms with Crippen molar-refractivity contribution in [3.8, 4) is 6.07 Å². The molecule has 4 N–H and O–H groups in total. The van der Waals surface area contributed by atoms with Crippen molar-refractivity contribution in [2.24, 2.45) is 22.7 Å². The Morgan fingerprint density at radius 2 is 1.57 bits per heavy atom. The second-order valence-corrected chi connectivity index (χ2v) is 18.4. The van der Waals surface area contributed by atoms with Gasteiger partial charge < -0.3 is 44.3 Å². The topological polar surface area (TPSA) is 245 Å². The van der Waals surface area contributed by atoms with E-state index in [1.165, 1.54) is 32.9 Å². The van der Waals surface area contributed by atoms with Crippen LogP contribution < -0.4 is 5.32 Å². The summed E-state index contributed by atoms with van der Waals surface area (Å²) in [6.07, 6.45) is -8.78. The number of aliphatic hydroxyl groups is 3. The molecule has 2 bridgehead atoms. The maximum atomic E-state index is 15.5. The third kappa shape index (κ3) is 9.47. The number of nitrogens with zero attached hydrogens (tertiary/aromatic N) is 1. The Morgan fingerprint density at radius 3 is 2.11 bits per heavy atom. The summed E-state index contributed by atoms with van der Waals surface area (Å²) in [6.45, 7) is 13.5. The van der Waals surface area contributed by atoms with E-state index in [1.54, 1.807) is 68.4 Å². The number of benzene rings is 2. The Morgan fingerprint density at radius 1 is 0.969 bits per heavy atom. The maximum Gasteiger partial charge on any atom is 0.338 e. The van der Waals surface area contributed by atoms with Crippen LogP contribution in [0.4, 0.5) is 0 Å². The van der Waals surface area contributed by atoms with Crippen LogP contribution in [0.1, 0.15) is 116 Å². The molecule has 65 heavy (non-hydrogen) atoms. The summed E-state index contributed by atoms with van der Waals surface area (Å²) in [6, 6.07) is 16.8. The van der Waals surface area contributed by atoms with E-state index in [0.29, 0.717) is 12.0 Å². The zero-order chi connectivity index (χ0) is 48.2. The van der Waals surface area contributed by atoms with Gasteiger partial charge in [-0.15, -0.1) is 0 Å². The third-order valence-electron chi connectivity index (χ3n) is 14.0. The number of carbonyl (C=O) groups excluding carboxylic acids is 6. The van der Waals surface area contributed by atoms with E-state index in [9.17, 15) is 39.3 Å². The third-order valence-corrected chi connectivity index (χ3v) is 14.0. The van der Waals surface area contributed by atoms with Gasteiger partial charge in [0.1, 0.15) is 23.9 Å². The summed E-state index contributed by atoms with van der Waals surface area (Å²) in [5, 5.41) is 47.6. The van der Waals surface area contributed by atoms with Crippen LogP contribution in [-0.4, -0.2) is 105 Å². The van der Waals surface area contributed by atoms with Crippen molar-refractivity contribution < 1.29 is 67.8 Å². The molecule has 0 aromatic heterocycles. The number of fused-ring (bicyclic) bond motifs is 5. The number of rotatable bonds is 13. The van der Waals surface area contributed by atoms with Gasteiger partial charge in [0.05, 0.1) is 41.7 Å². The van der Waals surface area contributed by atoms with Crippen LogP contribution in [-0.2, 0) is 47.7 Å². The molecule has 4 aliphatic rings. The minimum absolute atomic E-state index is 0.0119. The fraction of sp³-hybridized carbons (Fsp3) is 0.571. The van der Waals surface area contributed by atoms with Gasteiger partial charge in [-0.1, -0.05) is 82.6 Å². The standard InChI is InChI=1S/C47H59NO14.C2H3N/c1-9-25(2)20-21-34(52)48-36(29-16-12-10-13-17-29)37(53)43(56)60-31-23-47(57)41(61-42(55)30-18-14-11-15-19-30)39-45(8,32(51)22-33-46(39,24-58-33)62-28(5)50)40(54)38(59-27(4)49)35(26(31)3)44(47,6)7;1-2-3/h10-19,25,31-33,36-39,41,51,53,57H,9,20-24H2,1-8H3,(H,48,52);1H3/t25-,31-,32-,33+,36-,37+,38+,39-,41-,45+,46-,47+;/m0./s1. The number of nitriles is 1. The predicted molar refractivity (Wildman–Crippen MR) is 232 cm³/mol. The van der Waals surface area contributed by atoms with Crippen molar-refractivity contribution in [2.45, 2.75) is 148 Å². The van der Waals surface area contributed by atoms with E-state index in [-0.39, 0.29) is 42.1 Å². The molecule has 0 unspecified atom stereocenters. The SMILES string of the molecule is CC#N.CC[C@H](C)CCC(=O)N[C@@H](c1ccccc1)[C@@H](O)C(=O)O[C@H]1C[C@@]2(O)[C@@H](OC(=O)c3ccccc3)[C@@H]3[C@]4(OC(C)=O)CO[C@@H]4C[C@H](O)[C@@]3(C)C(=O)[C@H](OC(C)=O)C(=C1C)C2(C)C. The molecule has 2 aromatic rings. The zero-order valence-electron chi connectivity index (χ0n) is 38.5. The molecule has 12 atom stereocenters.